The average Bonchev–Trinajstić information content (AvgIpc) is 2.40. The van der Waals surface area contributed by atoms with Crippen molar-refractivity contribution in [3.05, 3.63) is 35.1 Å². The Bertz CT molecular complexity index is 391. The molecule has 2 rings (SSSR count). The number of hydrogen-bond acceptors (Lipinski definition) is 3. The van der Waals surface area contributed by atoms with Crippen LogP contribution in [-0.2, 0) is 9.47 Å². The first-order chi connectivity index (χ1) is 8.72. The zero-order chi connectivity index (χ0) is 13.0. The lowest BCUT2D eigenvalue weighted by Crippen LogP contribution is -2.41. The first-order valence-electron chi connectivity index (χ1n) is 6.41. The first kappa shape index (κ1) is 13.5. The molecule has 1 heterocycles. The molecule has 0 aliphatic carbocycles. The summed E-state index contributed by atoms with van der Waals surface area (Å²) < 4.78 is 25.1. The summed E-state index contributed by atoms with van der Waals surface area (Å²) in [6, 6.07) is 5.01. The Morgan fingerprint density at radius 3 is 2.94 bits per heavy atom. The van der Waals surface area contributed by atoms with E-state index in [-0.39, 0.29) is 18.0 Å². The standard InChI is InChI=1S/C14H20FNO2/c1-3-16-14(13-9-17-6-7-18-13)11-8-10(2)4-5-12(11)15/h4-5,8,13-14,16H,3,6-7,9H2,1-2H3. The van der Waals surface area contributed by atoms with E-state index in [0.29, 0.717) is 25.4 Å². The topological polar surface area (TPSA) is 30.5 Å². The number of nitrogens with one attached hydrogen (secondary N) is 1. The molecule has 18 heavy (non-hydrogen) atoms. The molecular weight excluding hydrogens is 233 g/mol. The monoisotopic (exact) mass is 253 g/mol. The zero-order valence-corrected chi connectivity index (χ0v) is 10.9. The molecule has 0 spiro atoms. The highest BCUT2D eigenvalue weighted by molar-refractivity contribution is 5.28. The average molecular weight is 253 g/mol. The third kappa shape index (κ3) is 3.07. The Kier molecular flexibility index (Phi) is 4.69. The Balaban J connectivity index is 2.24. The smallest absolute Gasteiger partial charge is 0.128 e. The van der Waals surface area contributed by atoms with E-state index >= 15 is 0 Å². The quantitative estimate of drug-likeness (QED) is 0.892. The summed E-state index contributed by atoms with van der Waals surface area (Å²) in [5.41, 5.74) is 1.71. The summed E-state index contributed by atoms with van der Waals surface area (Å²) in [6.07, 6.45) is -0.130. The summed E-state index contributed by atoms with van der Waals surface area (Å²) >= 11 is 0. The number of halogens is 1. The van der Waals surface area contributed by atoms with Crippen molar-refractivity contribution in [1.29, 1.82) is 0 Å². The molecule has 0 amide bonds. The fourth-order valence-corrected chi connectivity index (χ4v) is 2.26. The Morgan fingerprint density at radius 2 is 2.28 bits per heavy atom. The second kappa shape index (κ2) is 6.27. The van der Waals surface area contributed by atoms with Gasteiger partial charge in [-0.1, -0.05) is 24.6 Å². The molecule has 0 radical (unpaired) electrons. The molecule has 0 saturated carbocycles. The summed E-state index contributed by atoms with van der Waals surface area (Å²) in [4.78, 5) is 0. The van der Waals surface area contributed by atoms with Crippen LogP contribution in [0.15, 0.2) is 18.2 Å². The highest BCUT2D eigenvalue weighted by Gasteiger charge is 2.28. The van der Waals surface area contributed by atoms with E-state index in [9.17, 15) is 4.39 Å². The molecule has 3 nitrogen and oxygen atoms in total. The van der Waals surface area contributed by atoms with Crippen LogP contribution in [0.3, 0.4) is 0 Å². The van der Waals surface area contributed by atoms with Crippen molar-refractivity contribution >= 4 is 0 Å². The van der Waals surface area contributed by atoms with Gasteiger partial charge in [-0.25, -0.2) is 4.39 Å². The van der Waals surface area contributed by atoms with Crippen molar-refractivity contribution in [2.75, 3.05) is 26.4 Å². The number of aryl methyl sites for hydroxylation is 1. The molecule has 2 unspecified atom stereocenters. The molecule has 1 aromatic rings. The van der Waals surface area contributed by atoms with E-state index in [1.54, 1.807) is 6.07 Å². The van der Waals surface area contributed by atoms with Gasteiger partial charge in [0.05, 0.1) is 25.9 Å². The molecule has 1 saturated heterocycles. The Labute approximate surface area is 107 Å². The largest absolute Gasteiger partial charge is 0.376 e. The van der Waals surface area contributed by atoms with Gasteiger partial charge in [0.1, 0.15) is 11.9 Å². The zero-order valence-electron chi connectivity index (χ0n) is 10.9. The van der Waals surface area contributed by atoms with Crippen LogP contribution in [0, 0.1) is 12.7 Å². The predicted octanol–water partition coefficient (Wildman–Crippen LogP) is 2.20. The van der Waals surface area contributed by atoms with Crippen LogP contribution in [0.2, 0.25) is 0 Å². The minimum atomic E-state index is -0.194. The summed E-state index contributed by atoms with van der Waals surface area (Å²) in [6.45, 7) is 6.42. The molecule has 0 aromatic heterocycles. The molecule has 1 fully saturated rings. The summed E-state index contributed by atoms with van der Waals surface area (Å²) in [7, 11) is 0. The van der Waals surface area contributed by atoms with Crippen molar-refractivity contribution in [2.24, 2.45) is 0 Å². The molecule has 0 bridgehead atoms. The lowest BCUT2D eigenvalue weighted by molar-refractivity contribution is -0.102. The van der Waals surface area contributed by atoms with Gasteiger partial charge >= 0.3 is 0 Å². The third-order valence-corrected chi connectivity index (χ3v) is 3.12. The van der Waals surface area contributed by atoms with Gasteiger partial charge in [-0.3, -0.25) is 0 Å². The number of rotatable bonds is 4. The van der Waals surface area contributed by atoms with E-state index in [4.69, 9.17) is 9.47 Å². The van der Waals surface area contributed by atoms with Gasteiger partial charge in [-0.15, -0.1) is 0 Å². The second-order valence-corrected chi connectivity index (χ2v) is 4.54. The van der Waals surface area contributed by atoms with Gasteiger partial charge in [-0.05, 0) is 19.5 Å². The number of likely N-dealkylation sites (N-methyl/N-ethyl adjacent to an activating group) is 1. The molecule has 1 aliphatic heterocycles. The highest BCUT2D eigenvalue weighted by Crippen LogP contribution is 2.25. The normalized spacial score (nSPS) is 21.8. The van der Waals surface area contributed by atoms with Gasteiger partial charge in [0, 0.05) is 5.56 Å². The molecule has 100 valence electrons. The molecule has 4 heteroatoms. The van der Waals surface area contributed by atoms with Crippen LogP contribution in [0.4, 0.5) is 4.39 Å². The van der Waals surface area contributed by atoms with E-state index in [1.807, 2.05) is 19.9 Å². The Hall–Kier alpha value is -0.970. The van der Waals surface area contributed by atoms with E-state index in [0.717, 1.165) is 12.1 Å². The summed E-state index contributed by atoms with van der Waals surface area (Å²) in [5.74, 6) is -0.194. The molecule has 1 aliphatic rings. The van der Waals surface area contributed by atoms with E-state index in [1.165, 1.54) is 6.07 Å². The third-order valence-electron chi connectivity index (χ3n) is 3.12. The van der Waals surface area contributed by atoms with Crippen LogP contribution in [0.25, 0.3) is 0 Å². The van der Waals surface area contributed by atoms with Crippen LogP contribution >= 0.6 is 0 Å². The van der Waals surface area contributed by atoms with Crippen molar-refractivity contribution in [3.8, 4) is 0 Å². The van der Waals surface area contributed by atoms with Crippen molar-refractivity contribution < 1.29 is 13.9 Å². The van der Waals surface area contributed by atoms with Crippen molar-refractivity contribution in [2.45, 2.75) is 26.0 Å². The fraction of sp³-hybridized carbons (Fsp3) is 0.571. The first-order valence-corrected chi connectivity index (χ1v) is 6.41. The predicted molar refractivity (Wildman–Crippen MR) is 68.1 cm³/mol. The van der Waals surface area contributed by atoms with Crippen LogP contribution in [0.1, 0.15) is 24.1 Å². The minimum absolute atomic E-state index is 0.130. The fourth-order valence-electron chi connectivity index (χ4n) is 2.26. The van der Waals surface area contributed by atoms with Gasteiger partial charge in [0.25, 0.3) is 0 Å². The number of benzene rings is 1. The molecular formula is C14H20FNO2. The maximum atomic E-state index is 14.0. The molecule has 1 N–H and O–H groups in total. The van der Waals surface area contributed by atoms with E-state index in [2.05, 4.69) is 5.32 Å². The molecule has 2 atom stereocenters. The second-order valence-electron chi connectivity index (χ2n) is 4.54. The SMILES string of the molecule is CCNC(c1cc(C)ccc1F)C1COCCO1. The molecule has 1 aromatic carbocycles. The lowest BCUT2D eigenvalue weighted by atomic mass is 9.98. The van der Waals surface area contributed by atoms with Gasteiger partial charge in [0.15, 0.2) is 0 Å². The van der Waals surface area contributed by atoms with Crippen molar-refractivity contribution in [3.63, 3.8) is 0 Å². The van der Waals surface area contributed by atoms with Crippen LogP contribution in [0.5, 0.6) is 0 Å². The Morgan fingerprint density at radius 1 is 1.44 bits per heavy atom. The van der Waals surface area contributed by atoms with Crippen LogP contribution < -0.4 is 5.32 Å². The maximum Gasteiger partial charge on any atom is 0.128 e. The summed E-state index contributed by atoms with van der Waals surface area (Å²) in [5, 5.41) is 3.29. The van der Waals surface area contributed by atoms with Gasteiger partial charge in [-0.2, -0.15) is 0 Å². The van der Waals surface area contributed by atoms with Gasteiger partial charge in [0.2, 0.25) is 0 Å². The number of ether oxygens (including phenoxy) is 2. The lowest BCUT2D eigenvalue weighted by Gasteiger charge is -2.31. The van der Waals surface area contributed by atoms with E-state index < -0.39 is 0 Å². The highest BCUT2D eigenvalue weighted by atomic mass is 19.1. The minimum Gasteiger partial charge on any atom is -0.376 e. The maximum absolute atomic E-state index is 14.0. The van der Waals surface area contributed by atoms with Gasteiger partial charge < -0.3 is 14.8 Å². The van der Waals surface area contributed by atoms with Crippen molar-refractivity contribution in [1.82, 2.24) is 5.32 Å². The van der Waals surface area contributed by atoms with Crippen LogP contribution in [-0.4, -0.2) is 32.5 Å². The number of hydrogen-bond donors (Lipinski definition) is 1.